The first kappa shape index (κ1) is 25.8. The minimum Gasteiger partial charge on any atom is -0.363 e. The molecule has 5 heterocycles. The average Bonchev–Trinajstić information content (AvgIpc) is 3.25. The van der Waals surface area contributed by atoms with Crippen LogP contribution in [0.15, 0.2) is 53.8 Å². The third-order valence-corrected chi connectivity index (χ3v) is 7.34. The highest BCUT2D eigenvalue weighted by Crippen LogP contribution is 2.26. The number of aromatic nitrogens is 4. The number of carbonyl (C=O) groups is 2. The van der Waals surface area contributed by atoms with Crippen LogP contribution in [0.3, 0.4) is 0 Å². The molecule has 0 saturated carbocycles. The number of thioether (sulfide) groups is 1. The number of carbonyl (C=O) groups excluding carboxylic acids is 2. The standard InChI is InChI=1S/C27H30N8O2S/c1-34(2)24-13-19(12-22(32-24)20-4-3-8-28-17-20)16-29-15-18-6-10-35(11-7-18)26-30-9-5-21(31-26)14-23-25(36)33-27(37)38-23/h3-5,8-9,12-14,17-18,29H,6-7,10-11,15-16H2,1-2H3,(H,33,36,37)/b23-14-. The Morgan fingerprint density at radius 1 is 1.16 bits per heavy atom. The first-order valence-corrected chi connectivity index (χ1v) is 13.4. The van der Waals surface area contributed by atoms with Crippen LogP contribution in [0, 0.1) is 5.92 Å². The molecule has 10 nitrogen and oxygen atoms in total. The van der Waals surface area contributed by atoms with Crippen LogP contribution in [-0.4, -0.2) is 64.8 Å². The molecule has 0 spiro atoms. The first-order valence-electron chi connectivity index (χ1n) is 12.6. The molecular formula is C27H30N8O2S. The van der Waals surface area contributed by atoms with Gasteiger partial charge in [-0.1, -0.05) is 0 Å². The van der Waals surface area contributed by atoms with Gasteiger partial charge in [0.05, 0.1) is 16.3 Å². The van der Waals surface area contributed by atoms with Crippen molar-refractivity contribution in [3.05, 3.63) is 65.1 Å². The van der Waals surface area contributed by atoms with Crippen LogP contribution in [-0.2, 0) is 11.3 Å². The van der Waals surface area contributed by atoms with E-state index in [-0.39, 0.29) is 11.1 Å². The summed E-state index contributed by atoms with van der Waals surface area (Å²) in [5.74, 6) is 1.75. The Bertz CT molecular complexity index is 1340. The lowest BCUT2D eigenvalue weighted by atomic mass is 9.97. The molecule has 3 aromatic rings. The van der Waals surface area contributed by atoms with Crippen molar-refractivity contribution < 1.29 is 9.59 Å². The summed E-state index contributed by atoms with van der Waals surface area (Å²) in [7, 11) is 4.00. The highest BCUT2D eigenvalue weighted by atomic mass is 32.2. The Morgan fingerprint density at radius 3 is 2.71 bits per heavy atom. The number of rotatable bonds is 8. The van der Waals surface area contributed by atoms with Crippen molar-refractivity contribution in [2.45, 2.75) is 19.4 Å². The second-order valence-electron chi connectivity index (χ2n) is 9.55. The summed E-state index contributed by atoms with van der Waals surface area (Å²) in [5.41, 5.74) is 3.73. The molecule has 2 N–H and O–H groups in total. The number of anilines is 2. The molecule has 3 aromatic heterocycles. The Balaban J connectivity index is 1.15. The third-order valence-electron chi connectivity index (χ3n) is 6.53. The van der Waals surface area contributed by atoms with E-state index in [1.54, 1.807) is 24.5 Å². The van der Waals surface area contributed by atoms with Crippen molar-refractivity contribution >= 4 is 40.8 Å². The third kappa shape index (κ3) is 6.35. The van der Waals surface area contributed by atoms with Crippen molar-refractivity contribution in [2.24, 2.45) is 5.92 Å². The zero-order valence-corrected chi connectivity index (χ0v) is 22.2. The molecule has 38 heavy (non-hydrogen) atoms. The summed E-state index contributed by atoms with van der Waals surface area (Å²) >= 11 is 0.890. The molecule has 2 aliphatic heterocycles. The highest BCUT2D eigenvalue weighted by Gasteiger charge is 2.26. The number of pyridine rings is 2. The lowest BCUT2D eigenvalue weighted by molar-refractivity contribution is -0.115. The van der Waals surface area contributed by atoms with Gasteiger partial charge in [0.25, 0.3) is 11.1 Å². The molecule has 2 amide bonds. The molecule has 0 unspecified atom stereocenters. The van der Waals surface area contributed by atoms with E-state index in [0.29, 0.717) is 22.5 Å². The fraction of sp³-hybridized carbons (Fsp3) is 0.333. The Labute approximate surface area is 226 Å². The van der Waals surface area contributed by atoms with E-state index < -0.39 is 0 Å². The number of nitrogens with zero attached hydrogens (tertiary/aromatic N) is 6. The lowest BCUT2D eigenvalue weighted by Gasteiger charge is -2.32. The summed E-state index contributed by atoms with van der Waals surface area (Å²) in [6.07, 6.45) is 9.01. The lowest BCUT2D eigenvalue weighted by Crippen LogP contribution is -2.38. The van der Waals surface area contributed by atoms with E-state index in [1.165, 1.54) is 5.56 Å². The number of piperidine rings is 1. The van der Waals surface area contributed by atoms with Crippen molar-refractivity contribution in [1.29, 1.82) is 0 Å². The van der Waals surface area contributed by atoms with E-state index in [0.717, 1.165) is 67.9 Å². The van der Waals surface area contributed by atoms with Gasteiger partial charge in [0.2, 0.25) is 5.95 Å². The monoisotopic (exact) mass is 530 g/mol. The SMILES string of the molecule is CN(C)c1cc(CNCC2CCN(c3nccc(/C=C4\SC(=O)NC4=O)n3)CC2)cc(-c2cccnc2)n1. The van der Waals surface area contributed by atoms with Crippen LogP contribution in [0.2, 0.25) is 0 Å². The summed E-state index contributed by atoms with van der Waals surface area (Å²) in [6, 6.07) is 9.95. The smallest absolute Gasteiger partial charge is 0.290 e. The summed E-state index contributed by atoms with van der Waals surface area (Å²) in [5, 5.41) is 5.55. The maximum absolute atomic E-state index is 11.8. The van der Waals surface area contributed by atoms with Crippen LogP contribution >= 0.6 is 11.8 Å². The summed E-state index contributed by atoms with van der Waals surface area (Å²) in [4.78, 5) is 45.8. The van der Waals surface area contributed by atoms with Gasteiger partial charge in [-0.15, -0.1) is 0 Å². The van der Waals surface area contributed by atoms with Crippen LogP contribution in [0.5, 0.6) is 0 Å². The van der Waals surface area contributed by atoms with E-state index in [2.05, 4.69) is 42.6 Å². The maximum atomic E-state index is 11.8. The average molecular weight is 531 g/mol. The van der Waals surface area contributed by atoms with E-state index >= 15 is 0 Å². The molecule has 0 aromatic carbocycles. The van der Waals surface area contributed by atoms with Gasteiger partial charge in [0, 0.05) is 57.9 Å². The van der Waals surface area contributed by atoms with E-state index in [9.17, 15) is 9.59 Å². The van der Waals surface area contributed by atoms with E-state index in [1.807, 2.05) is 37.3 Å². The molecule has 5 rings (SSSR count). The number of nitrogens with one attached hydrogen (secondary N) is 2. The zero-order valence-electron chi connectivity index (χ0n) is 21.4. The van der Waals surface area contributed by atoms with Gasteiger partial charge in [-0.2, -0.15) is 0 Å². The molecule has 0 aliphatic carbocycles. The summed E-state index contributed by atoms with van der Waals surface area (Å²) in [6.45, 7) is 3.43. The highest BCUT2D eigenvalue weighted by molar-refractivity contribution is 8.18. The molecule has 196 valence electrons. The zero-order chi connectivity index (χ0) is 26.5. The molecule has 2 saturated heterocycles. The normalized spacial score (nSPS) is 17.2. The van der Waals surface area contributed by atoms with Gasteiger partial charge >= 0.3 is 0 Å². The first-order chi connectivity index (χ1) is 18.4. The fourth-order valence-corrected chi connectivity index (χ4v) is 5.14. The van der Waals surface area contributed by atoms with Crippen molar-refractivity contribution in [3.8, 4) is 11.3 Å². The van der Waals surface area contributed by atoms with Crippen molar-refractivity contribution in [2.75, 3.05) is 43.5 Å². The molecule has 2 fully saturated rings. The van der Waals surface area contributed by atoms with Gasteiger partial charge in [-0.25, -0.2) is 15.0 Å². The molecular weight excluding hydrogens is 500 g/mol. The topological polar surface area (TPSA) is 116 Å². The predicted molar refractivity (Wildman–Crippen MR) is 150 cm³/mol. The Kier molecular flexibility index (Phi) is 7.94. The van der Waals surface area contributed by atoms with Gasteiger partial charge < -0.3 is 15.1 Å². The Hall–Kier alpha value is -3.83. The fourth-order valence-electron chi connectivity index (χ4n) is 4.47. The molecule has 11 heteroatoms. The summed E-state index contributed by atoms with van der Waals surface area (Å²) < 4.78 is 0. The maximum Gasteiger partial charge on any atom is 0.290 e. The quantitative estimate of drug-likeness (QED) is 0.420. The van der Waals surface area contributed by atoms with Gasteiger partial charge in [-0.05, 0) is 79.0 Å². The number of imide groups is 1. The van der Waals surface area contributed by atoms with Gasteiger partial charge in [0.15, 0.2) is 0 Å². The molecule has 0 bridgehead atoms. The van der Waals surface area contributed by atoms with E-state index in [4.69, 9.17) is 4.98 Å². The second-order valence-corrected chi connectivity index (χ2v) is 10.6. The van der Waals surface area contributed by atoms with Crippen molar-refractivity contribution in [1.82, 2.24) is 30.6 Å². The second kappa shape index (κ2) is 11.7. The minimum atomic E-state index is -0.383. The van der Waals surface area contributed by atoms with Crippen LogP contribution in [0.25, 0.3) is 17.3 Å². The number of hydrogen-bond acceptors (Lipinski definition) is 10. The number of hydrogen-bond donors (Lipinski definition) is 2. The minimum absolute atomic E-state index is 0.351. The van der Waals surface area contributed by atoms with Gasteiger partial charge in [-0.3, -0.25) is 19.9 Å². The van der Waals surface area contributed by atoms with Crippen molar-refractivity contribution in [3.63, 3.8) is 0 Å². The molecule has 0 radical (unpaired) electrons. The molecule has 0 atom stereocenters. The van der Waals surface area contributed by atoms with Crippen LogP contribution < -0.4 is 20.4 Å². The Morgan fingerprint density at radius 2 is 2.00 bits per heavy atom. The predicted octanol–water partition coefficient (Wildman–Crippen LogP) is 3.33. The number of amides is 2. The largest absolute Gasteiger partial charge is 0.363 e. The van der Waals surface area contributed by atoms with Crippen LogP contribution in [0.1, 0.15) is 24.1 Å². The van der Waals surface area contributed by atoms with Gasteiger partial charge in [0.1, 0.15) is 5.82 Å². The molecule has 2 aliphatic rings. The van der Waals surface area contributed by atoms with Crippen LogP contribution in [0.4, 0.5) is 16.6 Å².